The molecule has 4 rings (SSSR count). The summed E-state index contributed by atoms with van der Waals surface area (Å²) in [6, 6.07) is 0. The number of phenolic OH excluding ortho intramolecular Hbond substituents is 2. The molecule has 0 bridgehead atoms. The number of hydrogen-bond acceptors (Lipinski definition) is 4. The number of hydrogen-bond donors (Lipinski definition) is 3. The highest BCUT2D eigenvalue weighted by Crippen LogP contribution is 2.56. The Morgan fingerprint density at radius 1 is 1.16 bits per heavy atom. The number of allylic oxidation sites excluding steroid dienone is 3. The van der Waals surface area contributed by atoms with Crippen LogP contribution in [0.15, 0.2) is 23.8 Å². The predicted octanol–water partition coefficient (Wildman–Crippen LogP) is 3.80. The number of ketones is 1. The lowest BCUT2D eigenvalue weighted by atomic mass is 9.66. The SMILES string of the molecule is CC1(C)C=CC(=O)c2c(O)c3c(c(O)c21)C(CO)C=C1CCCCC13. The van der Waals surface area contributed by atoms with Crippen molar-refractivity contribution in [3.8, 4) is 11.5 Å². The van der Waals surface area contributed by atoms with Crippen LogP contribution in [0.1, 0.15) is 78.4 Å². The molecule has 0 saturated heterocycles. The molecule has 3 N–H and O–H groups in total. The second kappa shape index (κ2) is 5.46. The van der Waals surface area contributed by atoms with Crippen LogP contribution in [0.25, 0.3) is 0 Å². The Hall–Kier alpha value is -2.07. The summed E-state index contributed by atoms with van der Waals surface area (Å²) in [5, 5.41) is 32.1. The molecule has 1 saturated carbocycles. The zero-order chi connectivity index (χ0) is 17.9. The molecule has 132 valence electrons. The van der Waals surface area contributed by atoms with Gasteiger partial charge in [-0.2, -0.15) is 0 Å². The van der Waals surface area contributed by atoms with Crippen molar-refractivity contribution in [1.82, 2.24) is 0 Å². The number of aromatic hydroxyl groups is 2. The first-order valence-electron chi connectivity index (χ1n) is 9.04. The van der Waals surface area contributed by atoms with Crippen molar-refractivity contribution in [3.05, 3.63) is 46.1 Å². The first kappa shape index (κ1) is 16.4. The molecule has 3 aliphatic rings. The second-order valence-electron chi connectivity index (χ2n) is 8.02. The summed E-state index contributed by atoms with van der Waals surface area (Å²) in [5.41, 5.74) is 2.62. The van der Waals surface area contributed by atoms with E-state index in [0.29, 0.717) is 16.7 Å². The van der Waals surface area contributed by atoms with Crippen molar-refractivity contribution < 1.29 is 20.1 Å². The molecule has 2 atom stereocenters. The van der Waals surface area contributed by atoms with Gasteiger partial charge in [-0.3, -0.25) is 4.79 Å². The van der Waals surface area contributed by atoms with Crippen LogP contribution in [-0.2, 0) is 5.41 Å². The van der Waals surface area contributed by atoms with E-state index in [1.54, 1.807) is 6.08 Å². The second-order valence-corrected chi connectivity index (χ2v) is 8.02. The molecule has 0 aliphatic heterocycles. The van der Waals surface area contributed by atoms with Crippen LogP contribution in [-0.4, -0.2) is 27.7 Å². The highest BCUT2D eigenvalue weighted by molar-refractivity contribution is 6.10. The van der Waals surface area contributed by atoms with E-state index in [9.17, 15) is 20.1 Å². The third-order valence-electron chi connectivity index (χ3n) is 6.05. The van der Waals surface area contributed by atoms with Gasteiger partial charge in [-0.25, -0.2) is 0 Å². The van der Waals surface area contributed by atoms with Crippen LogP contribution < -0.4 is 0 Å². The van der Waals surface area contributed by atoms with Crippen molar-refractivity contribution in [2.45, 2.75) is 56.8 Å². The highest BCUT2D eigenvalue weighted by Gasteiger charge is 2.41. The first-order valence-corrected chi connectivity index (χ1v) is 9.04. The number of fused-ring (bicyclic) bond motifs is 4. The Morgan fingerprint density at radius 3 is 2.64 bits per heavy atom. The Balaban J connectivity index is 2.07. The molecule has 0 spiro atoms. The number of aliphatic hydroxyl groups excluding tert-OH is 1. The molecule has 0 amide bonds. The van der Waals surface area contributed by atoms with Gasteiger partial charge in [-0.15, -0.1) is 0 Å². The van der Waals surface area contributed by atoms with E-state index in [4.69, 9.17) is 0 Å². The van der Waals surface area contributed by atoms with E-state index in [1.807, 2.05) is 13.8 Å². The number of phenols is 2. The van der Waals surface area contributed by atoms with Crippen molar-refractivity contribution in [3.63, 3.8) is 0 Å². The van der Waals surface area contributed by atoms with Gasteiger partial charge in [0.15, 0.2) is 5.78 Å². The van der Waals surface area contributed by atoms with Crippen LogP contribution in [0.4, 0.5) is 0 Å². The molecule has 1 aromatic carbocycles. The number of rotatable bonds is 1. The first-order chi connectivity index (χ1) is 11.9. The van der Waals surface area contributed by atoms with Gasteiger partial charge in [-0.1, -0.05) is 38.0 Å². The van der Waals surface area contributed by atoms with E-state index in [-0.39, 0.29) is 41.3 Å². The minimum Gasteiger partial charge on any atom is -0.507 e. The molecule has 4 heteroatoms. The summed E-state index contributed by atoms with van der Waals surface area (Å²) in [6.45, 7) is 3.71. The van der Waals surface area contributed by atoms with Gasteiger partial charge in [0.05, 0.1) is 12.2 Å². The van der Waals surface area contributed by atoms with Crippen LogP contribution >= 0.6 is 0 Å². The predicted molar refractivity (Wildman–Crippen MR) is 95.4 cm³/mol. The molecule has 2 unspecified atom stereocenters. The van der Waals surface area contributed by atoms with Gasteiger partial charge in [0.1, 0.15) is 11.5 Å². The van der Waals surface area contributed by atoms with Gasteiger partial charge in [-0.05, 0) is 25.3 Å². The maximum atomic E-state index is 12.5. The molecule has 3 aliphatic carbocycles. The Labute approximate surface area is 147 Å². The van der Waals surface area contributed by atoms with Gasteiger partial charge < -0.3 is 15.3 Å². The molecule has 0 aromatic heterocycles. The molecule has 4 nitrogen and oxygen atoms in total. The summed E-state index contributed by atoms with van der Waals surface area (Å²) in [5.74, 6) is -0.513. The smallest absolute Gasteiger partial charge is 0.189 e. The van der Waals surface area contributed by atoms with Gasteiger partial charge in [0, 0.05) is 33.9 Å². The topological polar surface area (TPSA) is 77.8 Å². The lowest BCUT2D eigenvalue weighted by molar-refractivity contribution is 0.103. The van der Waals surface area contributed by atoms with E-state index < -0.39 is 5.41 Å². The minimum atomic E-state index is -0.559. The molecule has 0 radical (unpaired) electrons. The maximum Gasteiger partial charge on any atom is 0.189 e. The Bertz CT molecular complexity index is 829. The Morgan fingerprint density at radius 2 is 1.92 bits per heavy atom. The molecule has 1 fully saturated rings. The number of carbonyl (C=O) groups is 1. The summed E-state index contributed by atoms with van der Waals surface area (Å²) in [7, 11) is 0. The summed E-state index contributed by atoms with van der Waals surface area (Å²) in [6.07, 6.45) is 9.31. The van der Waals surface area contributed by atoms with Crippen LogP contribution in [0.3, 0.4) is 0 Å². The number of carbonyl (C=O) groups excluding carboxylic acids is 1. The third kappa shape index (κ3) is 2.20. The van der Waals surface area contributed by atoms with Crippen molar-refractivity contribution in [1.29, 1.82) is 0 Å². The molecule has 0 heterocycles. The maximum absolute atomic E-state index is 12.5. The van der Waals surface area contributed by atoms with Crippen molar-refractivity contribution in [2.75, 3.05) is 6.61 Å². The van der Waals surface area contributed by atoms with Gasteiger partial charge in [0.25, 0.3) is 0 Å². The average molecular weight is 340 g/mol. The third-order valence-corrected chi connectivity index (χ3v) is 6.05. The normalized spacial score (nSPS) is 26.5. The van der Waals surface area contributed by atoms with Gasteiger partial charge in [0.2, 0.25) is 0 Å². The number of benzene rings is 1. The summed E-state index contributed by atoms with van der Waals surface area (Å²) >= 11 is 0. The lowest BCUT2D eigenvalue weighted by Crippen LogP contribution is -2.27. The quantitative estimate of drug-likeness (QED) is 0.537. The van der Waals surface area contributed by atoms with Crippen LogP contribution in [0.5, 0.6) is 11.5 Å². The van der Waals surface area contributed by atoms with Crippen molar-refractivity contribution in [2.24, 2.45) is 0 Å². The lowest BCUT2D eigenvalue weighted by Gasteiger charge is -2.38. The van der Waals surface area contributed by atoms with E-state index in [0.717, 1.165) is 25.7 Å². The zero-order valence-electron chi connectivity index (χ0n) is 14.7. The van der Waals surface area contributed by atoms with Crippen LogP contribution in [0, 0.1) is 0 Å². The molecule has 25 heavy (non-hydrogen) atoms. The largest absolute Gasteiger partial charge is 0.507 e. The molecular formula is C21H24O4. The summed E-state index contributed by atoms with van der Waals surface area (Å²) in [4.78, 5) is 12.5. The zero-order valence-corrected chi connectivity index (χ0v) is 14.7. The highest BCUT2D eigenvalue weighted by atomic mass is 16.3. The monoisotopic (exact) mass is 340 g/mol. The van der Waals surface area contributed by atoms with Gasteiger partial charge >= 0.3 is 0 Å². The van der Waals surface area contributed by atoms with E-state index >= 15 is 0 Å². The van der Waals surface area contributed by atoms with Crippen molar-refractivity contribution >= 4 is 5.78 Å². The Kier molecular flexibility index (Phi) is 3.58. The minimum absolute atomic E-state index is 0.00109. The van der Waals surface area contributed by atoms with E-state index in [1.165, 1.54) is 11.6 Å². The number of aliphatic hydroxyl groups is 1. The van der Waals surface area contributed by atoms with Crippen LogP contribution in [0.2, 0.25) is 0 Å². The fourth-order valence-corrected chi connectivity index (χ4v) is 4.86. The average Bonchev–Trinajstić information content (AvgIpc) is 2.60. The summed E-state index contributed by atoms with van der Waals surface area (Å²) < 4.78 is 0. The standard InChI is InChI=1S/C21H24O4/c1-21(2)8-7-14(23)17-18(21)20(25)15-12(10-22)9-11-5-3-4-6-13(11)16(15)19(17)24/h7-9,12-13,22,24-25H,3-6,10H2,1-2H3. The molecule has 1 aromatic rings. The fraction of sp³-hybridized carbons (Fsp3) is 0.476. The van der Waals surface area contributed by atoms with E-state index in [2.05, 4.69) is 6.08 Å². The fourth-order valence-electron chi connectivity index (χ4n) is 4.86. The molecular weight excluding hydrogens is 316 g/mol.